The van der Waals surface area contributed by atoms with Crippen LogP contribution in [0.25, 0.3) is 0 Å². The van der Waals surface area contributed by atoms with E-state index in [-0.39, 0.29) is 0 Å². The molecule has 0 fully saturated rings. The second-order valence-electron chi connectivity index (χ2n) is 3.04. The van der Waals surface area contributed by atoms with Gasteiger partial charge < -0.3 is 4.74 Å². The van der Waals surface area contributed by atoms with Crippen molar-refractivity contribution in [3.05, 3.63) is 24.3 Å². The van der Waals surface area contributed by atoms with Gasteiger partial charge in [0.1, 0.15) is 0 Å². The van der Waals surface area contributed by atoms with Crippen LogP contribution in [0.15, 0.2) is 29.2 Å². The standard InChI is InChI=1S/C10H10F3NO2S/c1-17-8-4-2-7(3-5-8)14-9(15)16-6-10(11,12)13/h2-5H,6H2,1H3,(H,14,15). The Balaban J connectivity index is 2.45. The van der Waals surface area contributed by atoms with E-state index < -0.39 is 18.9 Å². The summed E-state index contributed by atoms with van der Waals surface area (Å²) in [6.07, 6.45) is -3.75. The van der Waals surface area contributed by atoms with Gasteiger partial charge in [-0.2, -0.15) is 13.2 Å². The fraction of sp³-hybridized carbons (Fsp3) is 0.300. The maximum atomic E-state index is 11.7. The van der Waals surface area contributed by atoms with Gasteiger partial charge in [-0.3, -0.25) is 5.32 Å². The highest BCUT2D eigenvalue weighted by molar-refractivity contribution is 7.98. The van der Waals surface area contributed by atoms with Crippen molar-refractivity contribution in [1.29, 1.82) is 0 Å². The molecule has 0 radical (unpaired) electrons. The van der Waals surface area contributed by atoms with Crippen LogP contribution in [0.5, 0.6) is 0 Å². The third-order valence-corrected chi connectivity index (χ3v) is 2.45. The summed E-state index contributed by atoms with van der Waals surface area (Å²) < 4.78 is 39.2. The van der Waals surface area contributed by atoms with Gasteiger partial charge in [0.15, 0.2) is 6.61 Å². The molecular weight excluding hydrogens is 255 g/mol. The fourth-order valence-corrected chi connectivity index (χ4v) is 1.38. The summed E-state index contributed by atoms with van der Waals surface area (Å²) in [5.41, 5.74) is 0.384. The molecule has 1 aromatic rings. The van der Waals surface area contributed by atoms with Gasteiger partial charge in [-0.1, -0.05) is 0 Å². The summed E-state index contributed by atoms with van der Waals surface area (Å²) in [5.74, 6) is 0. The molecular formula is C10H10F3NO2S. The van der Waals surface area contributed by atoms with E-state index in [1.165, 1.54) is 11.8 Å². The van der Waals surface area contributed by atoms with Crippen molar-refractivity contribution in [1.82, 2.24) is 0 Å². The lowest BCUT2D eigenvalue weighted by atomic mass is 10.3. The Morgan fingerprint density at radius 3 is 2.41 bits per heavy atom. The monoisotopic (exact) mass is 265 g/mol. The molecule has 94 valence electrons. The van der Waals surface area contributed by atoms with Crippen molar-refractivity contribution >= 4 is 23.5 Å². The van der Waals surface area contributed by atoms with Crippen molar-refractivity contribution < 1.29 is 22.7 Å². The zero-order valence-electron chi connectivity index (χ0n) is 8.88. The average Bonchev–Trinajstić information content (AvgIpc) is 2.27. The van der Waals surface area contributed by atoms with Gasteiger partial charge in [-0.15, -0.1) is 11.8 Å². The molecule has 1 amide bonds. The number of alkyl halides is 3. The summed E-state index contributed by atoms with van der Waals surface area (Å²) in [7, 11) is 0. The first kappa shape index (κ1) is 13.7. The quantitative estimate of drug-likeness (QED) is 0.850. The number of thioether (sulfide) groups is 1. The molecule has 0 atom stereocenters. The van der Waals surface area contributed by atoms with Gasteiger partial charge in [0.05, 0.1) is 0 Å². The fourth-order valence-electron chi connectivity index (χ4n) is 0.976. The second-order valence-corrected chi connectivity index (χ2v) is 3.92. The minimum absolute atomic E-state index is 0.384. The van der Waals surface area contributed by atoms with Crippen LogP contribution in [0.2, 0.25) is 0 Å². The minimum Gasteiger partial charge on any atom is -0.440 e. The number of benzene rings is 1. The van der Waals surface area contributed by atoms with Crippen LogP contribution >= 0.6 is 11.8 Å². The maximum Gasteiger partial charge on any atom is 0.422 e. The highest BCUT2D eigenvalue weighted by atomic mass is 32.2. The van der Waals surface area contributed by atoms with Crippen molar-refractivity contribution in [2.75, 3.05) is 18.2 Å². The molecule has 0 aliphatic heterocycles. The molecule has 17 heavy (non-hydrogen) atoms. The molecule has 0 aliphatic rings. The number of nitrogens with one attached hydrogen (secondary N) is 1. The molecule has 1 rings (SSSR count). The molecule has 0 aromatic heterocycles. The van der Waals surface area contributed by atoms with Crippen LogP contribution in [0.3, 0.4) is 0 Å². The normalized spacial score (nSPS) is 11.1. The SMILES string of the molecule is CSc1ccc(NC(=O)OCC(F)(F)F)cc1. The van der Waals surface area contributed by atoms with E-state index in [0.29, 0.717) is 5.69 Å². The second kappa shape index (κ2) is 5.81. The Morgan fingerprint density at radius 1 is 1.35 bits per heavy atom. The Bertz CT molecular complexity index is 378. The number of hydrogen-bond donors (Lipinski definition) is 1. The number of carbonyl (C=O) groups excluding carboxylic acids is 1. The summed E-state index contributed by atoms with van der Waals surface area (Å²) in [4.78, 5) is 12.0. The zero-order chi connectivity index (χ0) is 12.9. The van der Waals surface area contributed by atoms with Gasteiger partial charge >= 0.3 is 12.3 Å². The predicted octanol–water partition coefficient (Wildman–Crippen LogP) is 3.52. The molecule has 3 nitrogen and oxygen atoms in total. The molecule has 0 saturated heterocycles. The largest absolute Gasteiger partial charge is 0.440 e. The number of amides is 1. The number of anilines is 1. The third kappa shape index (κ3) is 5.48. The van der Waals surface area contributed by atoms with Crippen molar-refractivity contribution in [2.24, 2.45) is 0 Å². The number of hydrogen-bond acceptors (Lipinski definition) is 3. The van der Waals surface area contributed by atoms with Crippen molar-refractivity contribution in [3.63, 3.8) is 0 Å². The van der Waals surface area contributed by atoms with Crippen molar-refractivity contribution in [2.45, 2.75) is 11.1 Å². The summed E-state index contributed by atoms with van der Waals surface area (Å²) >= 11 is 1.52. The molecule has 0 spiro atoms. The lowest BCUT2D eigenvalue weighted by Gasteiger charge is -2.09. The molecule has 0 saturated carbocycles. The van der Waals surface area contributed by atoms with E-state index >= 15 is 0 Å². The molecule has 1 aromatic carbocycles. The van der Waals surface area contributed by atoms with E-state index in [1.807, 2.05) is 6.26 Å². The third-order valence-electron chi connectivity index (χ3n) is 1.70. The van der Waals surface area contributed by atoms with Gasteiger partial charge in [-0.05, 0) is 30.5 Å². The van der Waals surface area contributed by atoms with Crippen LogP contribution in [0.1, 0.15) is 0 Å². The minimum atomic E-state index is -4.51. The Morgan fingerprint density at radius 2 is 1.94 bits per heavy atom. The van der Waals surface area contributed by atoms with Gasteiger partial charge in [0.25, 0.3) is 0 Å². The predicted molar refractivity (Wildman–Crippen MR) is 59.2 cm³/mol. The number of ether oxygens (including phenoxy) is 1. The molecule has 0 bridgehead atoms. The van der Waals surface area contributed by atoms with Crippen LogP contribution in [-0.4, -0.2) is 25.1 Å². The average molecular weight is 265 g/mol. The van der Waals surface area contributed by atoms with Gasteiger partial charge in [0.2, 0.25) is 0 Å². The van der Waals surface area contributed by atoms with Crippen LogP contribution in [0.4, 0.5) is 23.7 Å². The highest BCUT2D eigenvalue weighted by Gasteiger charge is 2.29. The summed E-state index contributed by atoms with van der Waals surface area (Å²) in [5, 5.41) is 2.20. The van der Waals surface area contributed by atoms with E-state index in [9.17, 15) is 18.0 Å². The molecule has 0 unspecified atom stereocenters. The van der Waals surface area contributed by atoms with E-state index in [2.05, 4.69) is 10.1 Å². The van der Waals surface area contributed by atoms with Gasteiger partial charge in [-0.25, -0.2) is 4.79 Å². The van der Waals surface area contributed by atoms with E-state index in [4.69, 9.17) is 0 Å². The number of halogens is 3. The summed E-state index contributed by atoms with van der Waals surface area (Å²) in [6.45, 7) is -1.60. The molecule has 0 heterocycles. The first-order valence-electron chi connectivity index (χ1n) is 4.55. The number of carbonyl (C=O) groups is 1. The Hall–Kier alpha value is -1.37. The molecule has 7 heteroatoms. The first-order valence-corrected chi connectivity index (χ1v) is 5.78. The Kier molecular flexibility index (Phi) is 4.68. The van der Waals surface area contributed by atoms with E-state index in [0.717, 1.165) is 4.90 Å². The first-order chi connectivity index (χ1) is 7.90. The zero-order valence-corrected chi connectivity index (χ0v) is 9.69. The highest BCUT2D eigenvalue weighted by Crippen LogP contribution is 2.18. The maximum absolute atomic E-state index is 11.7. The van der Waals surface area contributed by atoms with Crippen LogP contribution in [-0.2, 0) is 4.74 Å². The molecule has 1 N–H and O–H groups in total. The summed E-state index contributed by atoms with van der Waals surface area (Å²) in [6, 6.07) is 6.65. The molecule has 0 aliphatic carbocycles. The topological polar surface area (TPSA) is 38.3 Å². The van der Waals surface area contributed by atoms with Crippen molar-refractivity contribution in [3.8, 4) is 0 Å². The lowest BCUT2D eigenvalue weighted by molar-refractivity contribution is -0.159. The van der Waals surface area contributed by atoms with Crippen LogP contribution < -0.4 is 5.32 Å². The Labute approximate surface area is 100 Å². The lowest BCUT2D eigenvalue weighted by Crippen LogP contribution is -2.23. The van der Waals surface area contributed by atoms with Crippen LogP contribution in [0, 0.1) is 0 Å². The van der Waals surface area contributed by atoms with Gasteiger partial charge in [0, 0.05) is 10.6 Å². The number of rotatable bonds is 3. The van der Waals surface area contributed by atoms with E-state index in [1.54, 1.807) is 24.3 Å². The smallest absolute Gasteiger partial charge is 0.422 e.